The third-order valence-electron chi connectivity index (χ3n) is 8.29. The Balaban J connectivity index is 1.67. The van der Waals surface area contributed by atoms with Gasteiger partial charge in [-0.3, -0.25) is 0 Å². The second-order valence-corrected chi connectivity index (χ2v) is 10.1. The predicted molar refractivity (Wildman–Crippen MR) is 161 cm³/mol. The summed E-state index contributed by atoms with van der Waals surface area (Å²) in [4.78, 5) is 3.68. The van der Waals surface area contributed by atoms with E-state index in [0.29, 0.717) is 22.4 Å². The van der Waals surface area contributed by atoms with Crippen molar-refractivity contribution in [1.29, 1.82) is 15.8 Å². The molecule has 1 aliphatic heterocycles. The lowest BCUT2D eigenvalue weighted by atomic mass is 9.47. The summed E-state index contributed by atoms with van der Waals surface area (Å²) in [7, 11) is 0. The third-order valence-corrected chi connectivity index (χ3v) is 8.29. The van der Waals surface area contributed by atoms with Crippen LogP contribution in [-0.2, 0) is 0 Å². The maximum Gasteiger partial charge on any atom is 0.333 e. The summed E-state index contributed by atoms with van der Waals surface area (Å²) in [6, 6.07) is 36.1. The lowest BCUT2D eigenvalue weighted by molar-refractivity contribution is 1.18. The minimum atomic E-state index is -0.495. The van der Waals surface area contributed by atoms with Crippen molar-refractivity contribution in [2.75, 3.05) is 0 Å². The highest BCUT2D eigenvalue weighted by molar-refractivity contribution is 6.88. The van der Waals surface area contributed by atoms with E-state index in [4.69, 9.17) is 6.57 Å². The molecule has 0 fully saturated rings. The van der Waals surface area contributed by atoms with Crippen LogP contribution < -0.4 is 10.9 Å². The van der Waals surface area contributed by atoms with Crippen LogP contribution in [0.3, 0.4) is 0 Å². The second kappa shape index (κ2) is 8.11. The molecule has 0 unspecified atom stereocenters. The minimum absolute atomic E-state index is 0.495. The standard InChI is InChI=1S/C34H15BN6/c1-39-23-13-15-24-27-14-12-20(17-36)31-34(27)40(30(24)16-23)29-11-3-2-10-28(29)35(31)41-32-21(18-37)6-4-8-25(32)26-9-5-7-22(19-38)33(26)41/h2-16H. The zero-order valence-electron chi connectivity index (χ0n) is 21.4. The molecule has 1 aliphatic rings. The van der Waals surface area contributed by atoms with Crippen LogP contribution in [0.25, 0.3) is 54.1 Å². The van der Waals surface area contributed by atoms with Gasteiger partial charge in [0.15, 0.2) is 5.69 Å². The number of rotatable bonds is 1. The molecule has 0 saturated heterocycles. The molecule has 0 spiro atoms. The van der Waals surface area contributed by atoms with Gasteiger partial charge in [-0.15, -0.1) is 0 Å². The molecule has 0 aliphatic carbocycles. The molecule has 2 aromatic heterocycles. The third kappa shape index (κ3) is 2.77. The Morgan fingerprint density at radius 2 is 1.27 bits per heavy atom. The first kappa shape index (κ1) is 22.7. The number of nitrogens with zero attached hydrogens (tertiary/aromatic N) is 6. The van der Waals surface area contributed by atoms with E-state index in [1.807, 2.05) is 66.7 Å². The van der Waals surface area contributed by atoms with E-state index >= 15 is 0 Å². The van der Waals surface area contributed by atoms with Crippen molar-refractivity contribution in [3.63, 3.8) is 0 Å². The first-order chi connectivity index (χ1) is 20.2. The van der Waals surface area contributed by atoms with Crippen LogP contribution in [0.4, 0.5) is 5.69 Å². The molecule has 5 aromatic carbocycles. The van der Waals surface area contributed by atoms with Crippen LogP contribution in [0.15, 0.2) is 91.0 Å². The molecular weight excluding hydrogens is 503 g/mol. The van der Waals surface area contributed by atoms with Gasteiger partial charge in [0.2, 0.25) is 0 Å². The molecule has 0 saturated carbocycles. The molecular formula is C34H15BN6. The molecule has 7 aromatic rings. The van der Waals surface area contributed by atoms with Gasteiger partial charge in [0.05, 0.1) is 45.9 Å². The van der Waals surface area contributed by atoms with E-state index in [-0.39, 0.29) is 0 Å². The second-order valence-electron chi connectivity index (χ2n) is 10.1. The summed E-state index contributed by atoms with van der Waals surface area (Å²) in [5.74, 6) is 0. The van der Waals surface area contributed by atoms with E-state index in [1.165, 1.54) is 0 Å². The molecule has 41 heavy (non-hydrogen) atoms. The monoisotopic (exact) mass is 518 g/mol. The van der Waals surface area contributed by atoms with Crippen LogP contribution in [-0.4, -0.2) is 15.9 Å². The predicted octanol–water partition coefficient (Wildman–Crippen LogP) is 6.02. The maximum atomic E-state index is 10.5. The van der Waals surface area contributed by atoms with Crippen molar-refractivity contribution in [2.24, 2.45) is 0 Å². The first-order valence-electron chi connectivity index (χ1n) is 13.0. The summed E-state index contributed by atoms with van der Waals surface area (Å²) < 4.78 is 4.26. The summed E-state index contributed by atoms with van der Waals surface area (Å²) in [6.45, 7) is 7.12. The maximum absolute atomic E-state index is 10.5. The molecule has 0 atom stereocenters. The van der Waals surface area contributed by atoms with Crippen LogP contribution in [0.1, 0.15) is 16.7 Å². The highest BCUT2D eigenvalue weighted by atomic mass is 15.0. The Morgan fingerprint density at radius 1 is 0.634 bits per heavy atom. The smallest absolute Gasteiger partial charge is 0.333 e. The molecule has 3 heterocycles. The molecule has 0 radical (unpaired) electrons. The Labute approximate surface area is 234 Å². The van der Waals surface area contributed by atoms with E-state index in [0.717, 1.165) is 60.2 Å². The van der Waals surface area contributed by atoms with Gasteiger partial charge in [0.25, 0.3) is 0 Å². The van der Waals surface area contributed by atoms with Gasteiger partial charge in [-0.05, 0) is 41.3 Å². The molecule has 184 valence electrons. The average Bonchev–Trinajstić information content (AvgIpc) is 3.55. The Bertz CT molecular complexity index is 2420. The van der Waals surface area contributed by atoms with Gasteiger partial charge < -0.3 is 9.05 Å². The van der Waals surface area contributed by atoms with Crippen molar-refractivity contribution in [2.45, 2.75) is 0 Å². The minimum Gasteiger partial charge on any atom is -0.374 e. The first-order valence-corrected chi connectivity index (χ1v) is 13.0. The summed E-state index contributed by atoms with van der Waals surface area (Å²) in [5, 5.41) is 34.7. The Kier molecular flexibility index (Phi) is 4.49. The molecule has 6 nitrogen and oxygen atoms in total. The van der Waals surface area contributed by atoms with Crippen LogP contribution >= 0.6 is 0 Å². The van der Waals surface area contributed by atoms with Crippen molar-refractivity contribution in [3.05, 3.63) is 119 Å². The number of benzene rings is 5. The van der Waals surface area contributed by atoms with E-state index in [1.54, 1.807) is 12.1 Å². The summed E-state index contributed by atoms with van der Waals surface area (Å²) in [5.41, 5.74) is 7.98. The summed E-state index contributed by atoms with van der Waals surface area (Å²) >= 11 is 0. The average molecular weight is 518 g/mol. The van der Waals surface area contributed by atoms with E-state index in [9.17, 15) is 15.8 Å². The Morgan fingerprint density at radius 3 is 1.93 bits per heavy atom. The highest BCUT2D eigenvalue weighted by Crippen LogP contribution is 2.38. The van der Waals surface area contributed by atoms with Crippen molar-refractivity contribution < 1.29 is 0 Å². The van der Waals surface area contributed by atoms with Gasteiger partial charge in [0.1, 0.15) is 12.1 Å². The van der Waals surface area contributed by atoms with E-state index in [2.05, 4.69) is 44.2 Å². The van der Waals surface area contributed by atoms with Crippen molar-refractivity contribution in [3.8, 4) is 23.9 Å². The number of para-hydroxylation sites is 3. The number of aromatic nitrogens is 2. The van der Waals surface area contributed by atoms with Crippen molar-refractivity contribution >= 4 is 67.1 Å². The molecule has 7 heteroatoms. The van der Waals surface area contributed by atoms with Crippen molar-refractivity contribution in [1.82, 2.24) is 9.05 Å². The van der Waals surface area contributed by atoms with Gasteiger partial charge in [-0.1, -0.05) is 60.7 Å². The number of fused-ring (bicyclic) bond motifs is 8. The fourth-order valence-corrected chi connectivity index (χ4v) is 6.75. The quantitative estimate of drug-likeness (QED) is 0.197. The number of hydrogen-bond donors (Lipinski definition) is 0. The summed E-state index contributed by atoms with van der Waals surface area (Å²) in [6.07, 6.45) is 0. The van der Waals surface area contributed by atoms with E-state index < -0.39 is 6.85 Å². The molecule has 0 bridgehead atoms. The zero-order valence-corrected chi connectivity index (χ0v) is 21.4. The number of nitriles is 3. The highest BCUT2D eigenvalue weighted by Gasteiger charge is 2.38. The van der Waals surface area contributed by atoms with Crippen LogP contribution in [0, 0.1) is 40.6 Å². The molecule has 8 rings (SSSR count). The zero-order chi connectivity index (χ0) is 27.8. The largest absolute Gasteiger partial charge is 0.374 e. The van der Waals surface area contributed by atoms with Gasteiger partial charge in [-0.25, -0.2) is 4.85 Å². The van der Waals surface area contributed by atoms with Gasteiger partial charge in [0, 0.05) is 32.7 Å². The molecule has 0 N–H and O–H groups in total. The van der Waals surface area contributed by atoms with Crippen LogP contribution in [0.2, 0.25) is 0 Å². The normalized spacial score (nSPS) is 11.8. The topological polar surface area (TPSA) is 85.6 Å². The number of hydrogen-bond acceptors (Lipinski definition) is 3. The fourth-order valence-electron chi connectivity index (χ4n) is 6.75. The lowest BCUT2D eigenvalue weighted by Crippen LogP contribution is -2.54. The van der Waals surface area contributed by atoms with Crippen LogP contribution in [0.5, 0.6) is 0 Å². The van der Waals surface area contributed by atoms with Gasteiger partial charge in [-0.2, -0.15) is 15.8 Å². The van der Waals surface area contributed by atoms with Gasteiger partial charge >= 0.3 is 6.85 Å². The SMILES string of the molecule is [C-]#[N+]c1ccc2c3ccc(C#N)c4c3n(c2c1)-c1ccccc1B4n1c2c(C#N)cccc2c2cccc(C#N)c21. The fraction of sp³-hybridized carbons (Fsp3) is 0. The Hall–Kier alpha value is -6.28. The lowest BCUT2D eigenvalue weighted by Gasteiger charge is -2.29. The molecule has 0 amide bonds.